The number of hydrogen-bond donors (Lipinski definition) is 0. The topological polar surface area (TPSA) is 52.6 Å². The quantitative estimate of drug-likeness (QED) is 0.369. The molecule has 5 heteroatoms. The summed E-state index contributed by atoms with van der Waals surface area (Å²) in [5.41, 5.74) is 0.936. The van der Waals surface area contributed by atoms with Crippen molar-refractivity contribution in [2.24, 2.45) is 0 Å². The smallest absolute Gasteiger partial charge is 0.184 e. The second-order valence-electron chi connectivity index (χ2n) is 8.14. The number of carbonyl (C=O) groups is 2. The Hall–Kier alpha value is -1.72. The number of ether oxygens (including phenoxy) is 1. The van der Waals surface area contributed by atoms with Crippen molar-refractivity contribution in [2.75, 3.05) is 6.61 Å². The molecular weight excluding hydrogens is 356 g/mol. The molecule has 1 unspecified atom stereocenters. The first-order valence-corrected chi connectivity index (χ1v) is 13.4. The summed E-state index contributed by atoms with van der Waals surface area (Å²) in [6, 6.07) is 9.41. The number of ketones is 2. The van der Waals surface area contributed by atoms with Crippen LogP contribution in [0, 0.1) is 0 Å². The predicted molar refractivity (Wildman–Crippen MR) is 111 cm³/mol. The molecule has 1 aliphatic carbocycles. The molecule has 148 valence electrons. The van der Waals surface area contributed by atoms with Crippen molar-refractivity contribution >= 4 is 19.9 Å². The Morgan fingerprint density at radius 3 is 2.48 bits per heavy atom. The highest BCUT2D eigenvalue weighted by molar-refractivity contribution is 6.69. The SMILES string of the molecule is C[Si](C)(C)OC1C=C(CCCCCCC(=O)COc2ccccc2)C(=O)C1. The summed E-state index contributed by atoms with van der Waals surface area (Å²) in [6.07, 6.45) is 7.83. The van der Waals surface area contributed by atoms with E-state index in [1.165, 1.54) is 0 Å². The van der Waals surface area contributed by atoms with Gasteiger partial charge in [-0.1, -0.05) is 31.0 Å². The van der Waals surface area contributed by atoms with Crippen LogP contribution in [0.4, 0.5) is 0 Å². The van der Waals surface area contributed by atoms with Crippen molar-refractivity contribution in [1.82, 2.24) is 0 Å². The van der Waals surface area contributed by atoms with Gasteiger partial charge in [0, 0.05) is 12.8 Å². The lowest BCUT2D eigenvalue weighted by molar-refractivity contribution is -0.121. The number of hydrogen-bond acceptors (Lipinski definition) is 4. The zero-order valence-electron chi connectivity index (χ0n) is 16.8. The fourth-order valence-electron chi connectivity index (χ4n) is 3.19. The number of unbranched alkanes of at least 4 members (excludes halogenated alkanes) is 3. The molecule has 0 aromatic heterocycles. The number of carbonyl (C=O) groups excluding carboxylic acids is 2. The number of allylic oxidation sites excluding steroid dienone is 1. The Bertz CT molecular complexity index is 646. The minimum Gasteiger partial charge on any atom is -0.486 e. The van der Waals surface area contributed by atoms with Crippen LogP contribution < -0.4 is 4.74 Å². The van der Waals surface area contributed by atoms with E-state index >= 15 is 0 Å². The summed E-state index contributed by atoms with van der Waals surface area (Å²) >= 11 is 0. The lowest BCUT2D eigenvalue weighted by atomic mass is 10.0. The van der Waals surface area contributed by atoms with Gasteiger partial charge in [-0.2, -0.15) is 0 Å². The minimum absolute atomic E-state index is 0.0126. The molecule has 0 saturated carbocycles. The van der Waals surface area contributed by atoms with Gasteiger partial charge < -0.3 is 9.16 Å². The van der Waals surface area contributed by atoms with Gasteiger partial charge >= 0.3 is 0 Å². The monoisotopic (exact) mass is 388 g/mol. The highest BCUT2D eigenvalue weighted by atomic mass is 28.4. The van der Waals surface area contributed by atoms with Crippen LogP contribution in [0.15, 0.2) is 42.0 Å². The lowest BCUT2D eigenvalue weighted by Gasteiger charge is -2.21. The van der Waals surface area contributed by atoms with Crippen molar-refractivity contribution in [1.29, 1.82) is 0 Å². The second kappa shape index (κ2) is 10.6. The van der Waals surface area contributed by atoms with Crippen molar-refractivity contribution in [2.45, 2.75) is 70.7 Å². The molecule has 27 heavy (non-hydrogen) atoms. The van der Waals surface area contributed by atoms with E-state index in [1.54, 1.807) is 0 Å². The molecule has 0 N–H and O–H groups in total. The van der Waals surface area contributed by atoms with E-state index in [4.69, 9.17) is 9.16 Å². The molecule has 0 aliphatic heterocycles. The number of Topliss-reactive ketones (excluding diaryl/α,β-unsaturated/α-hetero) is 2. The molecule has 1 aromatic rings. The highest BCUT2D eigenvalue weighted by Gasteiger charge is 2.28. The van der Waals surface area contributed by atoms with Crippen LogP contribution in [0.1, 0.15) is 44.9 Å². The number of para-hydroxylation sites is 1. The first-order valence-electron chi connectivity index (χ1n) is 9.95. The Morgan fingerprint density at radius 1 is 1.07 bits per heavy atom. The van der Waals surface area contributed by atoms with Gasteiger partial charge in [-0.05, 0) is 62.7 Å². The molecule has 0 fully saturated rings. The van der Waals surface area contributed by atoms with Gasteiger partial charge in [0.25, 0.3) is 0 Å². The molecule has 2 rings (SSSR count). The summed E-state index contributed by atoms with van der Waals surface area (Å²) in [6.45, 7) is 6.59. The van der Waals surface area contributed by atoms with Crippen molar-refractivity contribution in [3.63, 3.8) is 0 Å². The van der Waals surface area contributed by atoms with Crippen LogP contribution >= 0.6 is 0 Å². The Kier molecular flexibility index (Phi) is 8.45. The molecular formula is C22H32O4Si. The second-order valence-corrected chi connectivity index (χ2v) is 12.6. The van der Waals surface area contributed by atoms with E-state index in [0.29, 0.717) is 12.8 Å². The van der Waals surface area contributed by atoms with Crippen LogP contribution in [0.3, 0.4) is 0 Å². The van der Waals surface area contributed by atoms with Crippen LogP contribution in [0.25, 0.3) is 0 Å². The molecule has 0 spiro atoms. The van der Waals surface area contributed by atoms with E-state index in [-0.39, 0.29) is 24.3 Å². The summed E-state index contributed by atoms with van der Waals surface area (Å²) in [5.74, 6) is 1.11. The maximum absolute atomic E-state index is 12.1. The third kappa shape index (κ3) is 8.67. The third-order valence-corrected chi connectivity index (χ3v) is 5.44. The molecule has 0 heterocycles. The molecule has 1 atom stereocenters. The van der Waals surface area contributed by atoms with E-state index in [0.717, 1.165) is 43.4 Å². The van der Waals surface area contributed by atoms with E-state index in [9.17, 15) is 9.59 Å². The van der Waals surface area contributed by atoms with Gasteiger partial charge in [-0.3, -0.25) is 9.59 Å². The van der Waals surface area contributed by atoms with E-state index in [2.05, 4.69) is 19.6 Å². The van der Waals surface area contributed by atoms with Crippen LogP contribution in [0.5, 0.6) is 5.75 Å². The molecule has 4 nitrogen and oxygen atoms in total. The van der Waals surface area contributed by atoms with Crippen molar-refractivity contribution in [3.8, 4) is 5.75 Å². The van der Waals surface area contributed by atoms with E-state index in [1.807, 2.05) is 36.4 Å². The maximum Gasteiger partial charge on any atom is 0.184 e. The minimum atomic E-state index is -1.61. The van der Waals surface area contributed by atoms with Gasteiger partial charge in [0.1, 0.15) is 12.4 Å². The standard InChI is InChI=1S/C22H32O4Si/c1-27(2,3)26-21-15-18(22(24)16-21)11-7-4-5-8-12-19(23)17-25-20-13-9-6-10-14-20/h6,9-10,13-15,21H,4-5,7-8,11-12,16-17H2,1-3H3. The highest BCUT2D eigenvalue weighted by Crippen LogP contribution is 2.25. The zero-order valence-corrected chi connectivity index (χ0v) is 17.8. The van der Waals surface area contributed by atoms with Crippen molar-refractivity contribution in [3.05, 3.63) is 42.0 Å². The van der Waals surface area contributed by atoms with Gasteiger partial charge in [0.15, 0.2) is 19.9 Å². The van der Waals surface area contributed by atoms with Crippen molar-refractivity contribution < 1.29 is 18.8 Å². The third-order valence-electron chi connectivity index (χ3n) is 4.43. The lowest BCUT2D eigenvalue weighted by Crippen LogP contribution is -2.30. The fourth-order valence-corrected chi connectivity index (χ4v) is 4.25. The van der Waals surface area contributed by atoms with E-state index < -0.39 is 8.32 Å². The molecule has 0 amide bonds. The van der Waals surface area contributed by atoms with Crippen LogP contribution in [-0.2, 0) is 14.0 Å². The first-order chi connectivity index (χ1) is 12.8. The largest absolute Gasteiger partial charge is 0.486 e. The van der Waals surface area contributed by atoms with Gasteiger partial charge in [0.2, 0.25) is 0 Å². The number of benzene rings is 1. The van der Waals surface area contributed by atoms with Gasteiger partial charge in [-0.25, -0.2) is 0 Å². The van der Waals surface area contributed by atoms with Gasteiger partial charge in [0.05, 0.1) is 6.10 Å². The van der Waals surface area contributed by atoms with Crippen LogP contribution in [-0.4, -0.2) is 32.6 Å². The maximum atomic E-state index is 12.1. The van der Waals surface area contributed by atoms with Gasteiger partial charge in [-0.15, -0.1) is 0 Å². The molecule has 1 aliphatic rings. The summed E-state index contributed by atoms with van der Waals surface area (Å²) in [5, 5.41) is 0. The van der Waals surface area contributed by atoms with Crippen LogP contribution in [0.2, 0.25) is 19.6 Å². The Labute approximate surface area is 164 Å². The average molecular weight is 389 g/mol. The zero-order chi connectivity index (χ0) is 19.7. The molecule has 1 aromatic carbocycles. The summed E-state index contributed by atoms with van der Waals surface area (Å²) in [7, 11) is -1.61. The normalized spacial score (nSPS) is 17.1. The molecule has 0 radical (unpaired) electrons. The summed E-state index contributed by atoms with van der Waals surface area (Å²) in [4.78, 5) is 23.9. The average Bonchev–Trinajstić information content (AvgIpc) is 2.94. The summed E-state index contributed by atoms with van der Waals surface area (Å²) < 4.78 is 11.5. The molecule has 0 bridgehead atoms. The number of rotatable bonds is 12. The fraction of sp³-hybridized carbons (Fsp3) is 0.545. The first kappa shape index (κ1) is 21.6. The Morgan fingerprint density at radius 2 is 1.78 bits per heavy atom. The Balaban J connectivity index is 1.54. The predicted octanol–water partition coefficient (Wildman–Crippen LogP) is 5.09. The molecule has 0 saturated heterocycles.